The van der Waals surface area contributed by atoms with Gasteiger partial charge in [-0.2, -0.15) is 0 Å². The topological polar surface area (TPSA) is 40.5 Å². The second-order valence-corrected chi connectivity index (χ2v) is 3.95. The summed E-state index contributed by atoms with van der Waals surface area (Å²) in [6, 6.07) is 7.48. The Kier molecular flexibility index (Phi) is 3.02. The summed E-state index contributed by atoms with van der Waals surface area (Å²) in [5.74, 6) is 0. The molecule has 2 rings (SSSR count). The number of carbonyl (C=O) groups excluding carboxylic acids is 1. The van der Waals surface area contributed by atoms with E-state index in [4.69, 9.17) is 0 Å². The molecule has 1 heterocycles. The van der Waals surface area contributed by atoms with Crippen molar-refractivity contribution in [3.8, 4) is 0 Å². The molecule has 1 atom stereocenters. The fourth-order valence-electron chi connectivity index (χ4n) is 1.95. The largest absolute Gasteiger partial charge is 0.391 e. The summed E-state index contributed by atoms with van der Waals surface area (Å²) < 4.78 is 0. The van der Waals surface area contributed by atoms with Crippen molar-refractivity contribution in [3.63, 3.8) is 0 Å². The average Bonchev–Trinajstić information content (AvgIpc) is 2.29. The smallest absolute Gasteiger partial charge is 0.150 e. The van der Waals surface area contributed by atoms with Gasteiger partial charge in [0.05, 0.1) is 6.10 Å². The lowest BCUT2D eigenvalue weighted by atomic mass is 10.1. The lowest BCUT2D eigenvalue weighted by Gasteiger charge is -2.31. The van der Waals surface area contributed by atoms with E-state index in [1.165, 1.54) is 0 Å². The van der Waals surface area contributed by atoms with Crippen LogP contribution in [0.5, 0.6) is 0 Å². The number of aldehydes is 1. The molecule has 80 valence electrons. The monoisotopic (exact) mass is 205 g/mol. The number of piperidine rings is 1. The molecule has 0 bridgehead atoms. The van der Waals surface area contributed by atoms with E-state index in [0.29, 0.717) is 12.1 Å². The first-order valence-corrected chi connectivity index (χ1v) is 5.28. The predicted octanol–water partition coefficient (Wildman–Crippen LogP) is 1.46. The first-order valence-electron chi connectivity index (χ1n) is 5.28. The molecule has 0 aromatic heterocycles. The summed E-state index contributed by atoms with van der Waals surface area (Å²) >= 11 is 0. The van der Waals surface area contributed by atoms with Crippen LogP contribution in [-0.4, -0.2) is 30.6 Å². The van der Waals surface area contributed by atoms with Crippen LogP contribution in [0.25, 0.3) is 0 Å². The van der Waals surface area contributed by atoms with Gasteiger partial charge in [-0.25, -0.2) is 0 Å². The molecule has 1 N–H and O–H groups in total. The number of carbonyl (C=O) groups is 1. The lowest BCUT2D eigenvalue weighted by Crippen LogP contribution is -2.38. The molecule has 0 unspecified atom stereocenters. The van der Waals surface area contributed by atoms with Crippen LogP contribution in [0.1, 0.15) is 23.2 Å². The van der Waals surface area contributed by atoms with Crippen LogP contribution in [0.3, 0.4) is 0 Å². The van der Waals surface area contributed by atoms with Gasteiger partial charge < -0.3 is 10.0 Å². The molecule has 1 aromatic carbocycles. The highest BCUT2D eigenvalue weighted by Crippen LogP contribution is 2.19. The highest BCUT2D eigenvalue weighted by molar-refractivity contribution is 5.75. The Morgan fingerprint density at radius 2 is 2.07 bits per heavy atom. The number of rotatable bonds is 2. The number of anilines is 1. The van der Waals surface area contributed by atoms with Crippen molar-refractivity contribution in [3.05, 3.63) is 29.8 Å². The molecule has 3 heteroatoms. The molecule has 15 heavy (non-hydrogen) atoms. The van der Waals surface area contributed by atoms with Gasteiger partial charge in [0.25, 0.3) is 0 Å². The van der Waals surface area contributed by atoms with E-state index >= 15 is 0 Å². The summed E-state index contributed by atoms with van der Waals surface area (Å²) in [6.45, 7) is 1.68. The number of hydrogen-bond acceptors (Lipinski definition) is 3. The second-order valence-electron chi connectivity index (χ2n) is 3.95. The zero-order valence-electron chi connectivity index (χ0n) is 8.60. The van der Waals surface area contributed by atoms with Crippen LogP contribution in [0.15, 0.2) is 24.3 Å². The van der Waals surface area contributed by atoms with Crippen LogP contribution in [0, 0.1) is 0 Å². The normalized spacial score (nSPS) is 21.4. The van der Waals surface area contributed by atoms with Gasteiger partial charge in [-0.1, -0.05) is 0 Å². The number of hydrogen-bond donors (Lipinski definition) is 1. The van der Waals surface area contributed by atoms with E-state index < -0.39 is 0 Å². The predicted molar refractivity (Wildman–Crippen MR) is 59.3 cm³/mol. The lowest BCUT2D eigenvalue weighted by molar-refractivity contribution is 0.112. The Labute approximate surface area is 89.3 Å². The van der Waals surface area contributed by atoms with E-state index in [0.717, 1.165) is 31.4 Å². The third-order valence-corrected chi connectivity index (χ3v) is 2.79. The molecule has 0 radical (unpaired) electrons. The summed E-state index contributed by atoms with van der Waals surface area (Å²) in [4.78, 5) is 12.6. The first-order chi connectivity index (χ1) is 7.29. The third kappa shape index (κ3) is 2.36. The maximum atomic E-state index is 10.5. The molecule has 0 spiro atoms. The number of aliphatic hydroxyl groups is 1. The Morgan fingerprint density at radius 3 is 2.67 bits per heavy atom. The van der Waals surface area contributed by atoms with Crippen molar-refractivity contribution in [1.82, 2.24) is 0 Å². The summed E-state index contributed by atoms with van der Waals surface area (Å²) in [5.41, 5.74) is 1.77. The Hall–Kier alpha value is -1.35. The zero-order valence-corrected chi connectivity index (χ0v) is 8.60. The summed E-state index contributed by atoms with van der Waals surface area (Å²) in [7, 11) is 0. The number of aliphatic hydroxyl groups excluding tert-OH is 1. The van der Waals surface area contributed by atoms with Crippen molar-refractivity contribution < 1.29 is 9.90 Å². The van der Waals surface area contributed by atoms with Gasteiger partial charge in [-0.05, 0) is 37.1 Å². The zero-order chi connectivity index (χ0) is 10.7. The molecule has 3 nitrogen and oxygen atoms in total. The van der Waals surface area contributed by atoms with Crippen molar-refractivity contribution >= 4 is 12.0 Å². The van der Waals surface area contributed by atoms with Gasteiger partial charge in [0.1, 0.15) is 6.29 Å². The van der Waals surface area contributed by atoms with Gasteiger partial charge >= 0.3 is 0 Å². The van der Waals surface area contributed by atoms with Crippen LogP contribution in [-0.2, 0) is 0 Å². The molecule has 1 saturated heterocycles. The number of nitrogens with zero attached hydrogens (tertiary/aromatic N) is 1. The van der Waals surface area contributed by atoms with Crippen molar-refractivity contribution in [2.45, 2.75) is 18.9 Å². The maximum absolute atomic E-state index is 10.5. The van der Waals surface area contributed by atoms with Crippen LogP contribution in [0.4, 0.5) is 5.69 Å². The minimum Gasteiger partial charge on any atom is -0.391 e. The highest BCUT2D eigenvalue weighted by atomic mass is 16.3. The van der Waals surface area contributed by atoms with E-state index in [1.807, 2.05) is 24.3 Å². The molecule has 0 amide bonds. The Bertz CT molecular complexity index is 334. The van der Waals surface area contributed by atoms with Crippen molar-refractivity contribution in [2.75, 3.05) is 18.0 Å². The summed E-state index contributed by atoms with van der Waals surface area (Å²) in [5, 5.41) is 9.54. The van der Waals surface area contributed by atoms with Gasteiger partial charge in [-0.15, -0.1) is 0 Å². The van der Waals surface area contributed by atoms with E-state index in [9.17, 15) is 9.90 Å². The average molecular weight is 205 g/mol. The summed E-state index contributed by atoms with van der Waals surface area (Å²) in [6.07, 6.45) is 2.54. The van der Waals surface area contributed by atoms with E-state index in [-0.39, 0.29) is 6.10 Å². The minimum absolute atomic E-state index is 0.218. The molecule has 0 aliphatic carbocycles. The van der Waals surface area contributed by atoms with Crippen LogP contribution in [0.2, 0.25) is 0 Å². The fourth-order valence-corrected chi connectivity index (χ4v) is 1.95. The van der Waals surface area contributed by atoms with Gasteiger partial charge in [0.15, 0.2) is 0 Å². The highest BCUT2D eigenvalue weighted by Gasteiger charge is 2.17. The van der Waals surface area contributed by atoms with Crippen molar-refractivity contribution in [1.29, 1.82) is 0 Å². The Morgan fingerprint density at radius 1 is 1.33 bits per heavy atom. The molecular weight excluding hydrogens is 190 g/mol. The Balaban J connectivity index is 2.11. The quantitative estimate of drug-likeness (QED) is 0.743. The second kappa shape index (κ2) is 4.45. The third-order valence-electron chi connectivity index (χ3n) is 2.79. The maximum Gasteiger partial charge on any atom is 0.150 e. The minimum atomic E-state index is -0.218. The SMILES string of the molecule is O=Cc1ccc(N2CCC[C@H](O)C2)cc1. The molecule has 1 fully saturated rings. The first kappa shape index (κ1) is 10.2. The van der Waals surface area contributed by atoms with Crippen LogP contribution < -0.4 is 4.90 Å². The van der Waals surface area contributed by atoms with E-state index in [2.05, 4.69) is 4.90 Å². The number of benzene rings is 1. The van der Waals surface area contributed by atoms with Crippen molar-refractivity contribution in [2.24, 2.45) is 0 Å². The molecule has 1 aromatic rings. The van der Waals surface area contributed by atoms with E-state index in [1.54, 1.807) is 0 Å². The fraction of sp³-hybridized carbons (Fsp3) is 0.417. The molecule has 1 aliphatic rings. The molecule has 0 saturated carbocycles. The van der Waals surface area contributed by atoms with Gasteiger partial charge in [0.2, 0.25) is 0 Å². The van der Waals surface area contributed by atoms with Gasteiger partial charge in [-0.3, -0.25) is 4.79 Å². The van der Waals surface area contributed by atoms with Crippen LogP contribution >= 0.6 is 0 Å². The molecule has 1 aliphatic heterocycles. The molecular formula is C12H15NO2. The standard InChI is InChI=1S/C12H15NO2/c14-9-10-3-5-11(6-4-10)13-7-1-2-12(15)8-13/h3-6,9,12,15H,1-2,7-8H2/t12-/m0/s1. The van der Waals surface area contributed by atoms with Gasteiger partial charge in [0, 0.05) is 24.3 Å². The number of β-amino-alcohol motifs (C(OH)–C–C–N with tert-alkyl or cyclic N) is 1.